The monoisotopic (exact) mass is 317 g/mol. The Morgan fingerprint density at radius 3 is 2.38 bits per heavy atom. The molecule has 0 bridgehead atoms. The predicted octanol–water partition coefficient (Wildman–Crippen LogP) is -0.573. The lowest BCUT2D eigenvalue weighted by molar-refractivity contribution is 0.0303. The number of sulfonamides is 1. The molecule has 0 aromatic carbocycles. The molecule has 4 N–H and O–H groups in total. The Kier molecular flexibility index (Phi) is 4.64. The van der Waals surface area contributed by atoms with Crippen molar-refractivity contribution >= 4 is 10.0 Å². The molecule has 0 atom stereocenters. The summed E-state index contributed by atoms with van der Waals surface area (Å²) in [6, 6.07) is 0. The van der Waals surface area contributed by atoms with Crippen LogP contribution >= 0.6 is 0 Å². The van der Waals surface area contributed by atoms with Crippen LogP contribution in [0.3, 0.4) is 0 Å². The first kappa shape index (κ1) is 15.9. The van der Waals surface area contributed by atoms with Gasteiger partial charge in [0.1, 0.15) is 0 Å². The first-order chi connectivity index (χ1) is 9.82. The van der Waals surface area contributed by atoms with Crippen LogP contribution < -0.4 is 16.0 Å². The van der Waals surface area contributed by atoms with Crippen molar-refractivity contribution < 1.29 is 13.5 Å². The van der Waals surface area contributed by atoms with Crippen LogP contribution in [0.1, 0.15) is 38.5 Å². The van der Waals surface area contributed by atoms with Crippen LogP contribution in [0, 0.1) is 0 Å². The van der Waals surface area contributed by atoms with Crippen LogP contribution in [0.4, 0.5) is 0 Å². The zero-order chi connectivity index (χ0) is 15.5. The number of hydrogen-bond donors (Lipinski definition) is 4. The van der Waals surface area contributed by atoms with Crippen molar-refractivity contribution in [2.24, 2.45) is 0 Å². The Morgan fingerprint density at radius 2 is 1.81 bits per heavy atom. The molecule has 0 saturated heterocycles. The highest BCUT2D eigenvalue weighted by atomic mass is 32.2. The summed E-state index contributed by atoms with van der Waals surface area (Å²) in [5.74, 6) is 0. The predicted molar refractivity (Wildman–Crippen MR) is 75.5 cm³/mol. The van der Waals surface area contributed by atoms with Crippen molar-refractivity contribution in [3.8, 4) is 0 Å². The average Bonchev–Trinajstić information content (AvgIpc) is 2.62. The van der Waals surface area contributed by atoms with Gasteiger partial charge in [0.2, 0.25) is 10.0 Å². The average molecular weight is 317 g/mol. The molecule has 1 fully saturated rings. The molecule has 21 heavy (non-hydrogen) atoms. The Balaban J connectivity index is 2.14. The van der Waals surface area contributed by atoms with Gasteiger partial charge in [-0.3, -0.25) is 9.78 Å². The zero-order valence-electron chi connectivity index (χ0n) is 11.5. The maximum Gasteiger partial charge on any atom is 0.325 e. The van der Waals surface area contributed by atoms with Crippen LogP contribution in [0.15, 0.2) is 20.7 Å². The Hall–Kier alpha value is -1.45. The van der Waals surface area contributed by atoms with E-state index in [9.17, 15) is 23.1 Å². The molecular formula is C12H19N3O5S. The minimum atomic E-state index is -4.08. The van der Waals surface area contributed by atoms with E-state index < -0.39 is 31.8 Å². The fourth-order valence-corrected chi connectivity index (χ4v) is 3.59. The van der Waals surface area contributed by atoms with Gasteiger partial charge in [-0.2, -0.15) is 0 Å². The molecule has 0 amide bonds. The van der Waals surface area contributed by atoms with Crippen LogP contribution in [0.2, 0.25) is 0 Å². The Labute approximate surface area is 121 Å². The molecule has 1 aromatic rings. The molecule has 1 heterocycles. The number of hydrogen-bond acceptors (Lipinski definition) is 5. The van der Waals surface area contributed by atoms with Crippen molar-refractivity contribution in [3.63, 3.8) is 0 Å². The molecule has 0 aliphatic heterocycles. The summed E-state index contributed by atoms with van der Waals surface area (Å²) >= 11 is 0. The third kappa shape index (κ3) is 4.02. The second kappa shape index (κ2) is 6.12. The summed E-state index contributed by atoms with van der Waals surface area (Å²) in [7, 11) is -4.08. The van der Waals surface area contributed by atoms with Gasteiger partial charge >= 0.3 is 5.69 Å². The highest BCUT2D eigenvalue weighted by Gasteiger charge is 2.30. The van der Waals surface area contributed by atoms with Crippen molar-refractivity contribution in [2.75, 3.05) is 6.54 Å². The number of H-pyrrole nitrogens is 2. The van der Waals surface area contributed by atoms with E-state index in [1.807, 2.05) is 4.98 Å². The molecule has 2 rings (SSSR count). The fourth-order valence-electron chi connectivity index (χ4n) is 2.47. The highest BCUT2D eigenvalue weighted by molar-refractivity contribution is 7.89. The van der Waals surface area contributed by atoms with Gasteiger partial charge in [0.25, 0.3) is 5.56 Å². The molecule has 8 nitrogen and oxygen atoms in total. The maximum absolute atomic E-state index is 12.1. The lowest BCUT2D eigenvalue weighted by Crippen LogP contribution is -2.44. The zero-order valence-corrected chi connectivity index (χ0v) is 12.3. The molecule has 1 aromatic heterocycles. The lowest BCUT2D eigenvalue weighted by Gasteiger charge is -2.26. The van der Waals surface area contributed by atoms with E-state index in [2.05, 4.69) is 9.71 Å². The number of aromatic nitrogens is 2. The van der Waals surface area contributed by atoms with Gasteiger partial charge in [-0.25, -0.2) is 17.9 Å². The largest absolute Gasteiger partial charge is 0.389 e. The molecular weight excluding hydrogens is 298 g/mol. The van der Waals surface area contributed by atoms with E-state index in [1.165, 1.54) is 0 Å². The molecule has 0 radical (unpaired) electrons. The van der Waals surface area contributed by atoms with Crippen molar-refractivity contribution in [3.05, 3.63) is 27.0 Å². The van der Waals surface area contributed by atoms with E-state index in [4.69, 9.17) is 0 Å². The smallest absolute Gasteiger partial charge is 0.325 e. The van der Waals surface area contributed by atoms with E-state index in [0.29, 0.717) is 12.8 Å². The first-order valence-electron chi connectivity index (χ1n) is 6.87. The maximum atomic E-state index is 12.1. The SMILES string of the molecule is O=c1[nH]cc(S(=O)(=O)NCC2(O)CCCCCC2)c(=O)[nH]1. The lowest BCUT2D eigenvalue weighted by atomic mass is 9.95. The van der Waals surface area contributed by atoms with Gasteiger partial charge in [0.05, 0.1) is 5.60 Å². The van der Waals surface area contributed by atoms with Gasteiger partial charge in [0, 0.05) is 12.7 Å². The minimum absolute atomic E-state index is 0.145. The summed E-state index contributed by atoms with van der Waals surface area (Å²) in [5.41, 5.74) is -2.85. The molecule has 118 valence electrons. The van der Waals surface area contributed by atoms with Crippen LogP contribution in [0.5, 0.6) is 0 Å². The molecule has 1 aliphatic rings. The van der Waals surface area contributed by atoms with Crippen molar-refractivity contribution in [2.45, 2.75) is 49.0 Å². The van der Waals surface area contributed by atoms with Crippen LogP contribution in [-0.4, -0.2) is 35.6 Å². The van der Waals surface area contributed by atoms with Gasteiger partial charge in [-0.15, -0.1) is 0 Å². The fraction of sp³-hybridized carbons (Fsp3) is 0.667. The minimum Gasteiger partial charge on any atom is -0.389 e. The summed E-state index contributed by atoms with van der Waals surface area (Å²) < 4.78 is 26.4. The van der Waals surface area contributed by atoms with Crippen molar-refractivity contribution in [1.82, 2.24) is 14.7 Å². The van der Waals surface area contributed by atoms with Gasteiger partial charge in [-0.05, 0) is 12.8 Å². The molecule has 1 saturated carbocycles. The summed E-state index contributed by atoms with van der Waals surface area (Å²) in [5, 5.41) is 10.4. The van der Waals surface area contributed by atoms with Gasteiger partial charge in [-0.1, -0.05) is 25.7 Å². The Morgan fingerprint density at radius 1 is 1.19 bits per heavy atom. The number of rotatable bonds is 4. The second-order valence-electron chi connectivity index (χ2n) is 5.40. The van der Waals surface area contributed by atoms with E-state index in [1.54, 1.807) is 0 Å². The second-order valence-corrected chi connectivity index (χ2v) is 7.13. The molecule has 1 aliphatic carbocycles. The molecule has 9 heteroatoms. The third-order valence-corrected chi connectivity index (χ3v) is 5.11. The highest BCUT2D eigenvalue weighted by Crippen LogP contribution is 2.26. The number of aliphatic hydroxyl groups is 1. The van der Waals surface area contributed by atoms with E-state index in [-0.39, 0.29) is 6.54 Å². The number of aromatic amines is 2. The van der Waals surface area contributed by atoms with Gasteiger partial charge < -0.3 is 10.1 Å². The first-order valence-corrected chi connectivity index (χ1v) is 8.35. The van der Waals surface area contributed by atoms with Crippen LogP contribution in [-0.2, 0) is 10.0 Å². The van der Waals surface area contributed by atoms with Crippen LogP contribution in [0.25, 0.3) is 0 Å². The van der Waals surface area contributed by atoms with Gasteiger partial charge in [0.15, 0.2) is 4.90 Å². The van der Waals surface area contributed by atoms with E-state index in [0.717, 1.165) is 31.9 Å². The standard InChI is InChI=1S/C12H19N3O5S/c16-10-9(7-13-11(17)15-10)21(19,20)14-8-12(18)5-3-1-2-4-6-12/h7,14,18H,1-6,8H2,(H2,13,15,16,17). The Bertz CT molecular complexity index is 698. The summed E-state index contributed by atoms with van der Waals surface area (Å²) in [6.07, 6.45) is 5.63. The molecule has 0 spiro atoms. The summed E-state index contributed by atoms with van der Waals surface area (Å²) in [4.78, 5) is 25.8. The van der Waals surface area contributed by atoms with Crippen molar-refractivity contribution in [1.29, 1.82) is 0 Å². The number of nitrogens with one attached hydrogen (secondary N) is 3. The third-order valence-electron chi connectivity index (χ3n) is 3.70. The normalized spacial score (nSPS) is 19.1. The topological polar surface area (TPSA) is 132 Å². The van der Waals surface area contributed by atoms with E-state index >= 15 is 0 Å². The molecule has 0 unspecified atom stereocenters. The quantitative estimate of drug-likeness (QED) is 0.552. The summed E-state index contributed by atoms with van der Waals surface area (Å²) in [6.45, 7) is -0.145.